The number of benzene rings is 2. The first-order valence-electron chi connectivity index (χ1n) is 6.96. The second-order valence-corrected chi connectivity index (χ2v) is 6.28. The zero-order valence-electron chi connectivity index (χ0n) is 12.5. The van der Waals surface area contributed by atoms with Gasteiger partial charge in [0.05, 0.1) is 17.0 Å². The number of nitrogens with zero attached hydrogens (tertiary/aromatic N) is 1. The third-order valence-corrected chi connectivity index (χ3v) is 4.33. The molecule has 1 heterocycles. The molecule has 3 aromatic rings. The number of hydrogen-bond acceptors (Lipinski definition) is 2. The molecule has 0 spiro atoms. The van der Waals surface area contributed by atoms with Crippen LogP contribution in [0.1, 0.15) is 5.56 Å². The van der Waals surface area contributed by atoms with Crippen molar-refractivity contribution in [1.82, 2.24) is 9.97 Å². The van der Waals surface area contributed by atoms with Gasteiger partial charge in [0, 0.05) is 16.1 Å². The predicted molar refractivity (Wildman–Crippen MR) is 91.3 cm³/mol. The van der Waals surface area contributed by atoms with Crippen LogP contribution < -0.4 is 0 Å². The Kier molecular flexibility index (Phi) is 4.60. The number of aromatic nitrogens is 2. The molecule has 0 aliphatic rings. The minimum absolute atomic E-state index is 0.607. The molecule has 7 heteroatoms. The molecule has 1 N–H and O–H groups in total. The van der Waals surface area contributed by atoms with Crippen molar-refractivity contribution >= 4 is 23.4 Å². The lowest BCUT2D eigenvalue weighted by Crippen LogP contribution is -2.04. The van der Waals surface area contributed by atoms with Crippen LogP contribution in [0.3, 0.4) is 0 Å². The van der Waals surface area contributed by atoms with Gasteiger partial charge in [0.25, 0.3) is 0 Å². The van der Waals surface area contributed by atoms with Gasteiger partial charge >= 0.3 is 6.18 Å². The van der Waals surface area contributed by atoms with Crippen molar-refractivity contribution in [3.8, 4) is 22.5 Å². The Hall–Kier alpha value is -1.92. The molecule has 1 aromatic heterocycles. The molecule has 0 atom stereocenters. The van der Waals surface area contributed by atoms with E-state index in [0.29, 0.717) is 27.1 Å². The summed E-state index contributed by atoms with van der Waals surface area (Å²) in [7, 11) is 0. The van der Waals surface area contributed by atoms with E-state index in [0.717, 1.165) is 17.7 Å². The fourth-order valence-corrected chi connectivity index (χ4v) is 2.81. The van der Waals surface area contributed by atoms with Crippen LogP contribution in [0.5, 0.6) is 0 Å². The van der Waals surface area contributed by atoms with Crippen molar-refractivity contribution in [2.45, 2.75) is 11.3 Å². The number of alkyl halides is 3. The molecular weight excluding hydrogens is 357 g/mol. The maximum Gasteiger partial charge on any atom is 0.416 e. The van der Waals surface area contributed by atoms with Crippen molar-refractivity contribution in [2.24, 2.45) is 0 Å². The second-order valence-electron chi connectivity index (χ2n) is 5.05. The number of halogens is 4. The lowest BCUT2D eigenvalue weighted by molar-refractivity contribution is -0.137. The monoisotopic (exact) mass is 368 g/mol. The van der Waals surface area contributed by atoms with E-state index in [4.69, 9.17) is 11.6 Å². The maximum absolute atomic E-state index is 12.7. The van der Waals surface area contributed by atoms with E-state index in [1.165, 1.54) is 23.9 Å². The first-order chi connectivity index (χ1) is 11.4. The van der Waals surface area contributed by atoms with E-state index in [2.05, 4.69) is 9.97 Å². The first-order valence-corrected chi connectivity index (χ1v) is 8.56. The average Bonchev–Trinajstić information content (AvgIpc) is 2.99. The standard InChI is InChI=1S/C17H12ClF3N2S/c1-24-16-22-14(10-2-6-12(7-3-10)17(19,20)21)15(23-16)11-4-8-13(18)9-5-11/h2-9H,1H3,(H,22,23). The van der Waals surface area contributed by atoms with Gasteiger partial charge in [0.1, 0.15) is 0 Å². The summed E-state index contributed by atoms with van der Waals surface area (Å²) in [6, 6.07) is 12.2. The van der Waals surface area contributed by atoms with E-state index < -0.39 is 11.7 Å². The molecule has 0 radical (unpaired) electrons. The number of aromatic amines is 1. The normalized spacial score (nSPS) is 11.7. The Labute approximate surface area is 146 Å². The fraction of sp³-hybridized carbons (Fsp3) is 0.118. The van der Waals surface area contributed by atoms with Crippen LogP contribution in [0.15, 0.2) is 53.7 Å². The van der Waals surface area contributed by atoms with Crippen molar-refractivity contribution in [1.29, 1.82) is 0 Å². The van der Waals surface area contributed by atoms with Crippen molar-refractivity contribution in [2.75, 3.05) is 6.26 Å². The molecule has 0 amide bonds. The summed E-state index contributed by atoms with van der Waals surface area (Å²) in [6.07, 6.45) is -2.48. The minimum Gasteiger partial charge on any atom is -0.332 e. The van der Waals surface area contributed by atoms with Gasteiger partial charge in [-0.15, -0.1) is 0 Å². The van der Waals surface area contributed by atoms with Crippen LogP contribution in [0.25, 0.3) is 22.5 Å². The largest absolute Gasteiger partial charge is 0.416 e. The Morgan fingerprint density at radius 2 is 1.54 bits per heavy atom. The highest BCUT2D eigenvalue weighted by atomic mass is 35.5. The van der Waals surface area contributed by atoms with Gasteiger partial charge < -0.3 is 4.98 Å². The molecule has 0 unspecified atom stereocenters. The summed E-state index contributed by atoms with van der Waals surface area (Å²) in [6.45, 7) is 0. The topological polar surface area (TPSA) is 28.7 Å². The molecule has 124 valence electrons. The molecule has 0 aliphatic carbocycles. The maximum atomic E-state index is 12.7. The van der Waals surface area contributed by atoms with Gasteiger partial charge in [-0.2, -0.15) is 13.2 Å². The minimum atomic E-state index is -4.35. The Bertz CT molecular complexity index is 840. The van der Waals surface area contributed by atoms with E-state index in [1.54, 1.807) is 12.1 Å². The molecule has 0 bridgehead atoms. The van der Waals surface area contributed by atoms with Crippen LogP contribution in [-0.2, 0) is 6.18 Å². The number of thioether (sulfide) groups is 1. The zero-order chi connectivity index (χ0) is 17.3. The van der Waals surface area contributed by atoms with Gasteiger partial charge in [-0.1, -0.05) is 47.6 Å². The van der Waals surface area contributed by atoms with Gasteiger partial charge in [-0.3, -0.25) is 0 Å². The van der Waals surface area contributed by atoms with Crippen molar-refractivity contribution in [3.05, 3.63) is 59.1 Å². The summed E-state index contributed by atoms with van der Waals surface area (Å²) in [5, 5.41) is 1.30. The van der Waals surface area contributed by atoms with E-state index in [-0.39, 0.29) is 0 Å². The lowest BCUT2D eigenvalue weighted by atomic mass is 10.0. The third-order valence-electron chi connectivity index (χ3n) is 3.49. The molecule has 0 saturated heterocycles. The van der Waals surface area contributed by atoms with Gasteiger partial charge in [0.2, 0.25) is 0 Å². The second kappa shape index (κ2) is 6.53. The van der Waals surface area contributed by atoms with Crippen LogP contribution in [0.4, 0.5) is 13.2 Å². The molecular formula is C17H12ClF3N2S. The van der Waals surface area contributed by atoms with Gasteiger partial charge in [-0.25, -0.2) is 4.98 Å². The van der Waals surface area contributed by atoms with Crippen molar-refractivity contribution < 1.29 is 13.2 Å². The first kappa shape index (κ1) is 16.9. The van der Waals surface area contributed by atoms with E-state index in [9.17, 15) is 13.2 Å². The summed E-state index contributed by atoms with van der Waals surface area (Å²) in [5.74, 6) is 0. The highest BCUT2D eigenvalue weighted by Crippen LogP contribution is 2.35. The SMILES string of the molecule is CSc1nc(-c2ccc(Cl)cc2)c(-c2ccc(C(F)(F)F)cc2)[nH]1. The highest BCUT2D eigenvalue weighted by molar-refractivity contribution is 7.98. The zero-order valence-corrected chi connectivity index (χ0v) is 14.1. The number of hydrogen-bond donors (Lipinski definition) is 1. The molecule has 2 aromatic carbocycles. The van der Waals surface area contributed by atoms with Crippen LogP contribution >= 0.6 is 23.4 Å². The lowest BCUT2D eigenvalue weighted by Gasteiger charge is -2.08. The van der Waals surface area contributed by atoms with Crippen LogP contribution in [0, 0.1) is 0 Å². The average molecular weight is 369 g/mol. The number of rotatable bonds is 3. The molecule has 0 fully saturated rings. The number of imidazole rings is 1. The molecule has 2 nitrogen and oxygen atoms in total. The molecule has 24 heavy (non-hydrogen) atoms. The number of H-pyrrole nitrogens is 1. The summed E-state index contributed by atoms with van der Waals surface area (Å²) in [5.41, 5.74) is 2.15. The predicted octanol–water partition coefficient (Wildman–Crippen LogP) is 6.14. The fourth-order valence-electron chi connectivity index (χ4n) is 2.30. The van der Waals surface area contributed by atoms with Crippen LogP contribution in [-0.4, -0.2) is 16.2 Å². The molecule has 0 saturated carbocycles. The highest BCUT2D eigenvalue weighted by Gasteiger charge is 2.30. The van der Waals surface area contributed by atoms with E-state index >= 15 is 0 Å². The molecule has 0 aliphatic heterocycles. The Morgan fingerprint density at radius 1 is 0.958 bits per heavy atom. The number of nitrogens with one attached hydrogen (secondary N) is 1. The van der Waals surface area contributed by atoms with Gasteiger partial charge in [-0.05, 0) is 30.5 Å². The molecule has 3 rings (SSSR count). The Balaban J connectivity index is 2.07. The van der Waals surface area contributed by atoms with E-state index in [1.807, 2.05) is 18.4 Å². The third kappa shape index (κ3) is 3.44. The smallest absolute Gasteiger partial charge is 0.332 e. The summed E-state index contributed by atoms with van der Waals surface area (Å²) in [4.78, 5) is 7.67. The van der Waals surface area contributed by atoms with Crippen LogP contribution in [0.2, 0.25) is 5.02 Å². The van der Waals surface area contributed by atoms with Gasteiger partial charge in [0.15, 0.2) is 5.16 Å². The van der Waals surface area contributed by atoms with Crippen molar-refractivity contribution in [3.63, 3.8) is 0 Å². The Morgan fingerprint density at radius 3 is 2.08 bits per heavy atom. The quantitative estimate of drug-likeness (QED) is 0.563. The summed E-state index contributed by atoms with van der Waals surface area (Å²) < 4.78 is 38.2. The summed E-state index contributed by atoms with van der Waals surface area (Å²) >= 11 is 7.34.